The molecule has 0 spiro atoms. The summed E-state index contributed by atoms with van der Waals surface area (Å²) in [5.74, 6) is 2.08. The van der Waals surface area contributed by atoms with E-state index >= 15 is 0 Å². The van der Waals surface area contributed by atoms with Crippen LogP contribution < -0.4 is 5.43 Å². The summed E-state index contributed by atoms with van der Waals surface area (Å²) < 4.78 is 93.1. The van der Waals surface area contributed by atoms with Gasteiger partial charge in [0.2, 0.25) is 11.3 Å². The van der Waals surface area contributed by atoms with Gasteiger partial charge in [-0.15, -0.1) is 15.8 Å². The molecule has 4 aromatic rings. The van der Waals surface area contributed by atoms with Crippen LogP contribution in [-0.2, 0) is 24.0 Å². The van der Waals surface area contributed by atoms with Crippen LogP contribution in [0.15, 0.2) is 54.6 Å². The van der Waals surface area contributed by atoms with Gasteiger partial charge in [-0.25, -0.2) is 27.7 Å². The highest BCUT2D eigenvalue weighted by molar-refractivity contribution is 7.76. The van der Waals surface area contributed by atoms with Gasteiger partial charge in [-0.3, -0.25) is 14.8 Å². The lowest BCUT2D eigenvalue weighted by molar-refractivity contribution is -0.137. The second kappa shape index (κ2) is 15.3. The van der Waals surface area contributed by atoms with Crippen LogP contribution in [0.5, 0.6) is 0 Å². The number of carbonyl (C=O) groups excluding carboxylic acids is 1. The van der Waals surface area contributed by atoms with E-state index in [0.717, 1.165) is 52.2 Å². The zero-order chi connectivity index (χ0) is 36.5. The van der Waals surface area contributed by atoms with Gasteiger partial charge in [-0.05, 0) is 67.4 Å². The third kappa shape index (κ3) is 8.81. The van der Waals surface area contributed by atoms with Crippen molar-refractivity contribution in [2.24, 2.45) is 0 Å². The van der Waals surface area contributed by atoms with E-state index in [1.807, 2.05) is 0 Å². The van der Waals surface area contributed by atoms with Gasteiger partial charge in [0.25, 0.3) is 11.8 Å². The minimum atomic E-state index is -4.49. The van der Waals surface area contributed by atoms with E-state index in [1.54, 1.807) is 29.3 Å². The van der Waals surface area contributed by atoms with Gasteiger partial charge in [0, 0.05) is 42.2 Å². The van der Waals surface area contributed by atoms with Crippen LogP contribution in [0.1, 0.15) is 57.7 Å². The van der Waals surface area contributed by atoms with E-state index in [2.05, 4.69) is 22.4 Å². The van der Waals surface area contributed by atoms with Crippen LogP contribution in [0.4, 0.5) is 22.0 Å². The molecule has 1 atom stereocenters. The molecule has 1 amide bonds. The Labute approximate surface area is 306 Å². The van der Waals surface area contributed by atoms with Gasteiger partial charge in [0.05, 0.1) is 44.8 Å². The summed E-state index contributed by atoms with van der Waals surface area (Å²) in [5.41, 5.74) is 3.02. The van der Waals surface area contributed by atoms with E-state index in [9.17, 15) is 35.5 Å². The third-order valence-electron chi connectivity index (χ3n) is 8.27. The van der Waals surface area contributed by atoms with E-state index in [0.29, 0.717) is 39.1 Å². The van der Waals surface area contributed by atoms with Gasteiger partial charge in [-0.2, -0.15) is 18.3 Å². The summed E-state index contributed by atoms with van der Waals surface area (Å²) >= 11 is 11.2. The maximum Gasteiger partial charge on any atom is 0.416 e. The lowest BCUT2D eigenvalue weighted by Crippen LogP contribution is -2.46. The largest absolute Gasteiger partial charge is 0.416 e. The van der Waals surface area contributed by atoms with Crippen molar-refractivity contribution in [1.82, 2.24) is 29.6 Å². The number of nitrogens with one attached hydrogen (secondary N) is 1. The lowest BCUT2D eigenvalue weighted by atomic mass is 10.1. The Balaban J connectivity index is 1.47. The molecule has 270 valence electrons. The number of benzene rings is 2. The van der Waals surface area contributed by atoms with E-state index in [4.69, 9.17) is 23.2 Å². The summed E-state index contributed by atoms with van der Waals surface area (Å²) in [4.78, 5) is 14.9. The molecule has 9 nitrogen and oxygen atoms in total. The topological polar surface area (TPSA) is 93.9 Å². The number of thiophene rings is 1. The maximum atomic E-state index is 14.3. The molecule has 0 saturated carbocycles. The summed E-state index contributed by atoms with van der Waals surface area (Å²) in [7, 11) is 0. The molecule has 6 rings (SSSR count). The second-order valence-corrected chi connectivity index (χ2v) is 14.7. The molecule has 2 aromatic heterocycles. The molecular weight excluding hydrogens is 758 g/mol. The Bertz CT molecular complexity index is 2010. The van der Waals surface area contributed by atoms with Crippen LogP contribution in [0.25, 0.3) is 16.3 Å². The summed E-state index contributed by atoms with van der Waals surface area (Å²) in [6, 6.07) is 12.4. The molecule has 2 aliphatic heterocycles. The zero-order valence-corrected chi connectivity index (χ0v) is 29.7. The summed E-state index contributed by atoms with van der Waals surface area (Å²) in [5, 5.41) is 8.00. The minimum Gasteiger partial charge on any atom is -0.293 e. The number of hydrogen-bond acceptors (Lipinski definition) is 6. The molecule has 2 saturated heterocycles. The average molecular weight is 788 g/mol. The number of carbonyl (C=O) groups is 1. The average Bonchev–Trinajstić information content (AvgIpc) is 3.79. The first-order chi connectivity index (χ1) is 24.2. The predicted molar refractivity (Wildman–Crippen MR) is 185 cm³/mol. The van der Waals surface area contributed by atoms with E-state index < -0.39 is 54.3 Å². The SMILES string of the molecule is O=C(NN1CCCCC1)c1nn(-c2ccc(Cl)cc2Cl)c(-c2ccc(C#Cc3ccc(C(F)(F)F)cc3)s2)c1CN(N1CCC(F)(F)C1)S(=O)O. The predicted octanol–water partition coefficient (Wildman–Crippen LogP) is 7.65. The minimum absolute atomic E-state index is 0.131. The monoisotopic (exact) mass is 786 g/mol. The van der Waals surface area contributed by atoms with Crippen molar-refractivity contribution >= 4 is 51.7 Å². The van der Waals surface area contributed by atoms with Crippen LogP contribution in [-0.4, -0.2) is 71.0 Å². The number of aromatic nitrogens is 2. The number of nitrogens with zero attached hydrogens (tertiary/aromatic N) is 5. The van der Waals surface area contributed by atoms with E-state index in [1.165, 1.54) is 22.9 Å². The highest BCUT2D eigenvalue weighted by atomic mass is 35.5. The Kier molecular flexibility index (Phi) is 11.2. The Morgan fingerprint density at radius 2 is 1.76 bits per heavy atom. The fourth-order valence-corrected chi connectivity index (χ4v) is 7.75. The Morgan fingerprint density at radius 1 is 1.04 bits per heavy atom. The van der Waals surface area contributed by atoms with Gasteiger partial charge in [0.1, 0.15) is 0 Å². The first-order valence-corrected chi connectivity index (χ1v) is 18.3. The molecule has 2 aromatic carbocycles. The Morgan fingerprint density at radius 3 is 2.39 bits per heavy atom. The summed E-state index contributed by atoms with van der Waals surface area (Å²) in [6.07, 6.45) is -2.29. The van der Waals surface area contributed by atoms with Crippen LogP contribution >= 0.6 is 34.5 Å². The third-order valence-corrected chi connectivity index (χ3v) is 10.5. The fourth-order valence-electron chi connectivity index (χ4n) is 5.77. The van der Waals surface area contributed by atoms with Gasteiger partial charge >= 0.3 is 6.18 Å². The zero-order valence-electron chi connectivity index (χ0n) is 26.5. The first kappa shape index (κ1) is 37.4. The standard InChI is InChI=1S/C33H29Cl2F5N6O3S2/c34-23-9-12-27(26(35)18-23)46-30(28-13-11-24(50-28)10-6-21-4-7-22(8-5-21)33(38,39)40)25(19-45(51(48)49)44-17-14-32(36,37)20-44)29(41-46)31(47)42-43-15-2-1-3-16-43/h4-5,7-9,11-13,18H,1-3,14-17,19-20H2,(H,42,47)(H,48,49). The number of hydrazine groups is 2. The maximum absolute atomic E-state index is 14.3. The second-order valence-electron chi connectivity index (χ2n) is 11.9. The van der Waals surface area contributed by atoms with Crippen molar-refractivity contribution in [3.63, 3.8) is 0 Å². The highest BCUT2D eigenvalue weighted by Crippen LogP contribution is 2.38. The number of amides is 1. The quantitative estimate of drug-likeness (QED) is 0.108. The van der Waals surface area contributed by atoms with Crippen LogP contribution in [0.2, 0.25) is 10.0 Å². The molecule has 51 heavy (non-hydrogen) atoms. The van der Waals surface area contributed by atoms with Gasteiger partial charge in [0.15, 0.2) is 5.69 Å². The molecule has 0 aliphatic carbocycles. The lowest BCUT2D eigenvalue weighted by Gasteiger charge is -2.28. The van der Waals surface area contributed by atoms with Crippen LogP contribution in [0.3, 0.4) is 0 Å². The number of piperidine rings is 1. The van der Waals surface area contributed by atoms with Gasteiger partial charge in [-0.1, -0.05) is 41.5 Å². The van der Waals surface area contributed by atoms with Crippen molar-refractivity contribution in [1.29, 1.82) is 0 Å². The van der Waals surface area contributed by atoms with E-state index in [-0.39, 0.29) is 28.5 Å². The molecule has 0 bridgehead atoms. The summed E-state index contributed by atoms with van der Waals surface area (Å²) in [6.45, 7) is -0.279. The molecule has 18 heteroatoms. The molecule has 1 unspecified atom stereocenters. The van der Waals surface area contributed by atoms with Crippen molar-refractivity contribution in [3.8, 4) is 28.1 Å². The number of rotatable bonds is 8. The van der Waals surface area contributed by atoms with Crippen LogP contribution in [0, 0.1) is 11.8 Å². The molecular formula is C33H29Cl2F5N6O3S2. The number of halogens is 7. The molecule has 2 N–H and O–H groups in total. The highest BCUT2D eigenvalue weighted by Gasteiger charge is 2.43. The number of hydrogen-bond donors (Lipinski definition) is 2. The Hall–Kier alpha value is -3.40. The van der Waals surface area contributed by atoms with Crippen molar-refractivity contribution in [2.45, 2.75) is 44.3 Å². The molecule has 2 fully saturated rings. The fraction of sp³-hybridized carbons (Fsp3) is 0.333. The first-order valence-electron chi connectivity index (χ1n) is 15.6. The van der Waals surface area contributed by atoms with Crippen molar-refractivity contribution in [2.75, 3.05) is 26.2 Å². The molecule has 4 heterocycles. The molecule has 0 radical (unpaired) electrons. The molecule has 2 aliphatic rings. The normalized spacial score (nSPS) is 17.4. The van der Waals surface area contributed by atoms with Gasteiger partial charge < -0.3 is 0 Å². The van der Waals surface area contributed by atoms with Crippen molar-refractivity contribution < 1.29 is 35.5 Å². The smallest absolute Gasteiger partial charge is 0.293 e. The number of alkyl halides is 5. The van der Waals surface area contributed by atoms with Crippen molar-refractivity contribution in [3.05, 3.63) is 91.9 Å².